The lowest BCUT2D eigenvalue weighted by Crippen LogP contribution is -2.42. The maximum atomic E-state index is 14.0. The zero-order valence-corrected chi connectivity index (χ0v) is 18.8. The SMILES string of the molecule is Cc1oc2ccccc2c1C1=C(c2c(C)oc3ccccc23)C(=O)N(C2CCCCC2)C1=O. The predicted octanol–water partition coefficient (Wildman–Crippen LogP) is 6.41. The number of para-hydroxylation sites is 2. The highest BCUT2D eigenvalue weighted by Crippen LogP contribution is 2.45. The molecule has 0 unspecified atom stereocenters. The summed E-state index contributed by atoms with van der Waals surface area (Å²) in [6, 6.07) is 15.3. The molecule has 1 aliphatic carbocycles. The van der Waals surface area contributed by atoms with Crippen LogP contribution in [0.4, 0.5) is 0 Å². The molecule has 0 bridgehead atoms. The maximum absolute atomic E-state index is 14.0. The van der Waals surface area contributed by atoms with Gasteiger partial charge < -0.3 is 8.83 Å². The van der Waals surface area contributed by atoms with E-state index < -0.39 is 0 Å². The molecular weight excluding hydrogens is 414 g/mol. The van der Waals surface area contributed by atoms with Crippen molar-refractivity contribution in [3.8, 4) is 0 Å². The van der Waals surface area contributed by atoms with Gasteiger partial charge in [0.05, 0.1) is 11.1 Å². The number of fused-ring (bicyclic) bond motifs is 2. The van der Waals surface area contributed by atoms with Gasteiger partial charge in [0.1, 0.15) is 22.7 Å². The molecule has 2 aromatic heterocycles. The van der Waals surface area contributed by atoms with Gasteiger partial charge in [-0.25, -0.2) is 0 Å². The fraction of sp³-hybridized carbons (Fsp3) is 0.286. The van der Waals surface area contributed by atoms with Crippen LogP contribution in [-0.4, -0.2) is 22.8 Å². The van der Waals surface area contributed by atoms with Crippen LogP contribution in [0.1, 0.15) is 54.8 Å². The van der Waals surface area contributed by atoms with Crippen molar-refractivity contribution in [2.75, 3.05) is 0 Å². The van der Waals surface area contributed by atoms with Crippen LogP contribution in [0.2, 0.25) is 0 Å². The summed E-state index contributed by atoms with van der Waals surface area (Å²) in [4.78, 5) is 29.6. The van der Waals surface area contributed by atoms with Gasteiger partial charge in [-0.05, 0) is 38.8 Å². The van der Waals surface area contributed by atoms with E-state index in [-0.39, 0.29) is 17.9 Å². The topological polar surface area (TPSA) is 63.7 Å². The van der Waals surface area contributed by atoms with Crippen molar-refractivity contribution < 1.29 is 18.4 Å². The van der Waals surface area contributed by atoms with Crippen LogP contribution < -0.4 is 0 Å². The number of benzene rings is 2. The van der Waals surface area contributed by atoms with Crippen LogP contribution in [-0.2, 0) is 9.59 Å². The molecule has 5 nitrogen and oxygen atoms in total. The largest absolute Gasteiger partial charge is 0.461 e. The zero-order valence-electron chi connectivity index (χ0n) is 18.8. The summed E-state index contributed by atoms with van der Waals surface area (Å²) in [5.74, 6) is 0.837. The molecule has 1 fully saturated rings. The second kappa shape index (κ2) is 7.48. The highest BCUT2D eigenvalue weighted by atomic mass is 16.3. The van der Waals surface area contributed by atoms with Crippen molar-refractivity contribution in [3.63, 3.8) is 0 Å². The predicted molar refractivity (Wildman–Crippen MR) is 127 cm³/mol. The molecule has 2 aliphatic rings. The Kier molecular flexibility index (Phi) is 4.54. The van der Waals surface area contributed by atoms with Gasteiger partial charge in [0.25, 0.3) is 11.8 Å². The second-order valence-corrected chi connectivity index (χ2v) is 9.08. The first-order valence-electron chi connectivity index (χ1n) is 11.7. The number of imide groups is 1. The molecule has 1 aliphatic heterocycles. The van der Waals surface area contributed by atoms with E-state index in [4.69, 9.17) is 8.83 Å². The number of furan rings is 2. The summed E-state index contributed by atoms with van der Waals surface area (Å²) in [6.07, 6.45) is 4.93. The van der Waals surface area contributed by atoms with E-state index in [9.17, 15) is 9.59 Å². The lowest BCUT2D eigenvalue weighted by molar-refractivity contribution is -0.139. The Morgan fingerprint density at radius 1 is 0.697 bits per heavy atom. The Bertz CT molecular complexity index is 1360. The summed E-state index contributed by atoms with van der Waals surface area (Å²) in [5.41, 5.74) is 3.71. The van der Waals surface area contributed by atoms with Crippen LogP contribution in [0.25, 0.3) is 33.1 Å². The lowest BCUT2D eigenvalue weighted by atomic mass is 9.93. The molecule has 0 radical (unpaired) electrons. The van der Waals surface area contributed by atoms with Crippen LogP contribution in [0.5, 0.6) is 0 Å². The fourth-order valence-corrected chi connectivity index (χ4v) is 5.64. The molecule has 0 N–H and O–H groups in total. The third kappa shape index (κ3) is 2.92. The van der Waals surface area contributed by atoms with Gasteiger partial charge in [-0.15, -0.1) is 0 Å². The summed E-state index contributed by atoms with van der Waals surface area (Å²) in [6.45, 7) is 3.72. The third-order valence-electron chi connectivity index (χ3n) is 7.10. The Morgan fingerprint density at radius 3 is 1.64 bits per heavy atom. The normalized spacial score (nSPS) is 17.8. The molecular formula is C28H25NO4. The van der Waals surface area contributed by atoms with E-state index in [0.29, 0.717) is 45.0 Å². The van der Waals surface area contributed by atoms with E-state index in [1.54, 1.807) is 0 Å². The molecule has 2 aromatic carbocycles. The van der Waals surface area contributed by atoms with Crippen molar-refractivity contribution in [1.29, 1.82) is 0 Å². The summed E-state index contributed by atoms with van der Waals surface area (Å²) < 4.78 is 12.0. The minimum Gasteiger partial charge on any atom is -0.461 e. The number of amides is 2. The van der Waals surface area contributed by atoms with Crippen LogP contribution in [0.15, 0.2) is 57.4 Å². The first-order chi connectivity index (χ1) is 16.1. The van der Waals surface area contributed by atoms with Gasteiger partial charge in [-0.3, -0.25) is 14.5 Å². The summed E-state index contributed by atoms with van der Waals surface area (Å²) in [5, 5.41) is 1.69. The molecule has 5 heteroatoms. The Labute approximate surface area is 191 Å². The maximum Gasteiger partial charge on any atom is 0.262 e. The van der Waals surface area contributed by atoms with Crippen molar-refractivity contribution >= 4 is 44.9 Å². The molecule has 0 saturated heterocycles. The number of rotatable bonds is 3. The third-order valence-corrected chi connectivity index (χ3v) is 7.10. The van der Waals surface area contributed by atoms with Gasteiger partial charge >= 0.3 is 0 Å². The molecule has 166 valence electrons. The minimum absolute atomic E-state index is 0.0665. The zero-order chi connectivity index (χ0) is 22.7. The van der Waals surface area contributed by atoms with Gasteiger partial charge in [0, 0.05) is 27.9 Å². The highest BCUT2D eigenvalue weighted by Gasteiger charge is 2.46. The molecule has 6 rings (SSSR count). The van der Waals surface area contributed by atoms with Crippen LogP contribution >= 0.6 is 0 Å². The first-order valence-corrected chi connectivity index (χ1v) is 11.7. The first kappa shape index (κ1) is 20.0. The van der Waals surface area contributed by atoms with Gasteiger partial charge in [-0.1, -0.05) is 55.7 Å². The van der Waals surface area contributed by atoms with Crippen molar-refractivity contribution in [1.82, 2.24) is 4.90 Å². The quantitative estimate of drug-likeness (QED) is 0.346. The van der Waals surface area contributed by atoms with E-state index in [1.807, 2.05) is 62.4 Å². The van der Waals surface area contributed by atoms with Crippen LogP contribution in [0, 0.1) is 13.8 Å². The average molecular weight is 440 g/mol. The fourth-order valence-electron chi connectivity index (χ4n) is 5.64. The highest BCUT2D eigenvalue weighted by molar-refractivity contribution is 6.51. The van der Waals surface area contributed by atoms with Gasteiger partial charge in [-0.2, -0.15) is 0 Å². The number of aryl methyl sites for hydroxylation is 2. The smallest absolute Gasteiger partial charge is 0.262 e. The van der Waals surface area contributed by atoms with E-state index >= 15 is 0 Å². The molecule has 0 atom stereocenters. The standard InChI is InChI=1S/C28H25NO4/c1-16-23(19-12-6-8-14-21(19)32-16)25-26(24-17(2)33-22-15-9-7-13-20(22)24)28(31)29(27(25)30)18-10-4-3-5-11-18/h6-9,12-15,18H,3-5,10-11H2,1-2H3. The van der Waals surface area contributed by atoms with Crippen molar-refractivity contribution in [2.24, 2.45) is 0 Å². The number of nitrogens with zero attached hydrogens (tertiary/aromatic N) is 1. The second-order valence-electron chi connectivity index (χ2n) is 9.08. The minimum atomic E-state index is -0.221. The molecule has 33 heavy (non-hydrogen) atoms. The molecule has 3 heterocycles. The number of carbonyl (C=O) groups is 2. The summed E-state index contributed by atoms with van der Waals surface area (Å²) >= 11 is 0. The monoisotopic (exact) mass is 439 g/mol. The Hall–Kier alpha value is -3.60. The van der Waals surface area contributed by atoms with Crippen molar-refractivity contribution in [3.05, 3.63) is 71.2 Å². The Balaban J connectivity index is 1.66. The van der Waals surface area contributed by atoms with Gasteiger partial charge in [0.15, 0.2) is 0 Å². The Morgan fingerprint density at radius 2 is 1.15 bits per heavy atom. The van der Waals surface area contributed by atoms with E-state index in [0.717, 1.165) is 42.9 Å². The van der Waals surface area contributed by atoms with Crippen molar-refractivity contribution in [2.45, 2.75) is 52.0 Å². The number of carbonyl (C=O) groups excluding carboxylic acids is 2. The van der Waals surface area contributed by atoms with E-state index in [2.05, 4.69) is 0 Å². The number of hydrogen-bond acceptors (Lipinski definition) is 4. The lowest BCUT2D eigenvalue weighted by Gasteiger charge is -2.30. The van der Waals surface area contributed by atoms with Crippen LogP contribution in [0.3, 0.4) is 0 Å². The van der Waals surface area contributed by atoms with E-state index in [1.165, 1.54) is 4.90 Å². The molecule has 1 saturated carbocycles. The average Bonchev–Trinajstić information content (AvgIpc) is 3.41. The summed E-state index contributed by atoms with van der Waals surface area (Å²) in [7, 11) is 0. The number of hydrogen-bond donors (Lipinski definition) is 0. The van der Waals surface area contributed by atoms with Gasteiger partial charge in [0.2, 0.25) is 0 Å². The molecule has 2 amide bonds. The molecule has 4 aromatic rings. The molecule has 0 spiro atoms.